The van der Waals surface area contributed by atoms with Crippen LogP contribution in [0, 0.1) is 10.1 Å². The third kappa shape index (κ3) is 2.94. The summed E-state index contributed by atoms with van der Waals surface area (Å²) in [6.45, 7) is 1.90. The fraction of sp³-hybridized carbons (Fsp3) is 0.222. The highest BCUT2D eigenvalue weighted by atomic mass is 35.5. The molecular formula is C9H8ClNO3S. The van der Waals surface area contributed by atoms with Crippen molar-refractivity contribution in [2.45, 2.75) is 11.8 Å². The van der Waals surface area contributed by atoms with Crippen LogP contribution in [0.25, 0.3) is 0 Å². The van der Waals surface area contributed by atoms with E-state index in [1.807, 2.05) is 6.92 Å². The van der Waals surface area contributed by atoms with Crippen LogP contribution in [0.4, 0.5) is 5.69 Å². The minimum absolute atomic E-state index is 0.0756. The van der Waals surface area contributed by atoms with Gasteiger partial charge in [0.25, 0.3) is 10.9 Å². The lowest BCUT2D eigenvalue weighted by molar-refractivity contribution is -0.387. The van der Waals surface area contributed by atoms with Gasteiger partial charge in [-0.25, -0.2) is 0 Å². The normalized spacial score (nSPS) is 10.0. The Bertz CT molecular complexity index is 408. The standard InChI is InChI=1S/C9H8ClNO3S/c1-2-15-8-4-3-6(9(10)12)5-7(8)11(13)14/h3-5H,2H2,1H3. The van der Waals surface area contributed by atoms with Crippen molar-refractivity contribution >= 4 is 34.3 Å². The Hall–Kier alpha value is -1.07. The van der Waals surface area contributed by atoms with Crippen molar-refractivity contribution in [3.63, 3.8) is 0 Å². The van der Waals surface area contributed by atoms with E-state index in [0.717, 1.165) is 5.75 Å². The lowest BCUT2D eigenvalue weighted by Crippen LogP contribution is -1.95. The van der Waals surface area contributed by atoms with E-state index in [1.165, 1.54) is 23.9 Å². The van der Waals surface area contributed by atoms with Gasteiger partial charge in [-0.1, -0.05) is 6.92 Å². The average Bonchev–Trinajstić information content (AvgIpc) is 2.18. The number of carbonyl (C=O) groups is 1. The van der Waals surface area contributed by atoms with Gasteiger partial charge in [-0.05, 0) is 29.5 Å². The van der Waals surface area contributed by atoms with Gasteiger partial charge in [0.05, 0.1) is 9.82 Å². The van der Waals surface area contributed by atoms with Crippen LogP contribution in [-0.4, -0.2) is 15.9 Å². The summed E-state index contributed by atoms with van der Waals surface area (Å²) >= 11 is 6.60. The molecule has 0 N–H and O–H groups in total. The number of hydrogen-bond acceptors (Lipinski definition) is 4. The molecule has 0 aliphatic rings. The third-order valence-electron chi connectivity index (χ3n) is 1.68. The minimum Gasteiger partial charge on any atom is -0.276 e. The predicted octanol–water partition coefficient (Wildman–Crippen LogP) is 3.09. The summed E-state index contributed by atoms with van der Waals surface area (Å²) in [5, 5.41) is 10.0. The molecule has 1 aromatic carbocycles. The number of thioether (sulfide) groups is 1. The van der Waals surface area contributed by atoms with E-state index in [0.29, 0.717) is 4.90 Å². The van der Waals surface area contributed by atoms with E-state index < -0.39 is 10.2 Å². The van der Waals surface area contributed by atoms with Crippen LogP contribution in [0.2, 0.25) is 0 Å². The molecule has 6 heteroatoms. The van der Waals surface area contributed by atoms with Crippen molar-refractivity contribution in [2.24, 2.45) is 0 Å². The maximum Gasteiger partial charge on any atom is 0.283 e. The summed E-state index contributed by atoms with van der Waals surface area (Å²) in [6.07, 6.45) is 0. The van der Waals surface area contributed by atoms with Gasteiger partial charge < -0.3 is 0 Å². The summed E-state index contributed by atoms with van der Waals surface area (Å²) in [6, 6.07) is 4.23. The monoisotopic (exact) mass is 245 g/mol. The van der Waals surface area contributed by atoms with Crippen LogP contribution in [-0.2, 0) is 0 Å². The first-order valence-electron chi connectivity index (χ1n) is 4.17. The largest absolute Gasteiger partial charge is 0.283 e. The number of carbonyl (C=O) groups excluding carboxylic acids is 1. The fourth-order valence-corrected chi connectivity index (χ4v) is 1.93. The number of halogens is 1. The molecule has 4 nitrogen and oxygen atoms in total. The number of nitrogens with zero attached hydrogens (tertiary/aromatic N) is 1. The van der Waals surface area contributed by atoms with Crippen LogP contribution >= 0.6 is 23.4 Å². The second-order valence-electron chi connectivity index (χ2n) is 2.65. The Morgan fingerprint density at radius 3 is 2.73 bits per heavy atom. The molecule has 0 radical (unpaired) electrons. The SMILES string of the molecule is CCSc1ccc(C(=O)Cl)cc1[N+](=O)[O-]. The molecule has 0 atom stereocenters. The Balaban J connectivity index is 3.20. The summed E-state index contributed by atoms with van der Waals surface area (Å²) < 4.78 is 0. The van der Waals surface area contributed by atoms with Crippen molar-refractivity contribution in [3.8, 4) is 0 Å². The maximum atomic E-state index is 10.8. The molecule has 1 rings (SSSR count). The Labute approximate surface area is 95.8 Å². The number of benzene rings is 1. The molecule has 0 unspecified atom stereocenters. The van der Waals surface area contributed by atoms with Crippen molar-refractivity contribution < 1.29 is 9.72 Å². The van der Waals surface area contributed by atoms with Gasteiger partial charge in [0, 0.05) is 11.6 Å². The zero-order valence-electron chi connectivity index (χ0n) is 7.90. The smallest absolute Gasteiger partial charge is 0.276 e. The number of nitro benzene ring substituents is 1. The van der Waals surface area contributed by atoms with Gasteiger partial charge in [-0.15, -0.1) is 11.8 Å². The van der Waals surface area contributed by atoms with Crippen LogP contribution < -0.4 is 0 Å². The van der Waals surface area contributed by atoms with Crippen LogP contribution in [0.3, 0.4) is 0 Å². The first-order chi connectivity index (χ1) is 7.06. The maximum absolute atomic E-state index is 10.8. The fourth-order valence-electron chi connectivity index (χ4n) is 1.06. The molecule has 0 heterocycles. The van der Waals surface area contributed by atoms with Crippen molar-refractivity contribution in [2.75, 3.05) is 5.75 Å². The number of rotatable bonds is 4. The van der Waals surface area contributed by atoms with E-state index in [9.17, 15) is 14.9 Å². The Morgan fingerprint density at radius 2 is 2.27 bits per heavy atom. The lowest BCUT2D eigenvalue weighted by Gasteiger charge is -2.01. The van der Waals surface area contributed by atoms with E-state index in [4.69, 9.17) is 11.6 Å². The lowest BCUT2D eigenvalue weighted by atomic mass is 10.2. The van der Waals surface area contributed by atoms with Crippen molar-refractivity contribution in [3.05, 3.63) is 33.9 Å². The summed E-state index contributed by atoms with van der Waals surface area (Å²) in [7, 11) is 0. The summed E-state index contributed by atoms with van der Waals surface area (Å²) in [5.74, 6) is 0.731. The quantitative estimate of drug-likeness (QED) is 0.354. The highest BCUT2D eigenvalue weighted by Crippen LogP contribution is 2.30. The number of nitro groups is 1. The number of hydrogen-bond donors (Lipinski definition) is 0. The van der Waals surface area contributed by atoms with Crippen molar-refractivity contribution in [1.29, 1.82) is 0 Å². The molecule has 0 amide bonds. The first kappa shape index (κ1) is 12.0. The second kappa shape index (κ2) is 5.14. The van der Waals surface area contributed by atoms with Crippen molar-refractivity contribution in [1.82, 2.24) is 0 Å². The van der Waals surface area contributed by atoms with E-state index >= 15 is 0 Å². The summed E-state index contributed by atoms with van der Waals surface area (Å²) in [4.78, 5) is 21.6. The molecule has 15 heavy (non-hydrogen) atoms. The van der Waals surface area contributed by atoms with Crippen LogP contribution in [0.5, 0.6) is 0 Å². The molecule has 0 aliphatic carbocycles. The van der Waals surface area contributed by atoms with Gasteiger partial charge in [0.2, 0.25) is 0 Å². The van der Waals surface area contributed by atoms with Crippen LogP contribution in [0.15, 0.2) is 23.1 Å². The summed E-state index contributed by atoms with van der Waals surface area (Å²) in [5.41, 5.74) is 0.0668. The second-order valence-corrected chi connectivity index (χ2v) is 4.30. The van der Waals surface area contributed by atoms with E-state index in [-0.39, 0.29) is 11.3 Å². The predicted molar refractivity (Wildman–Crippen MR) is 59.7 cm³/mol. The van der Waals surface area contributed by atoms with Gasteiger partial charge in [0.15, 0.2) is 0 Å². The molecule has 0 spiro atoms. The highest BCUT2D eigenvalue weighted by Gasteiger charge is 2.16. The molecule has 80 valence electrons. The average molecular weight is 246 g/mol. The van der Waals surface area contributed by atoms with Gasteiger partial charge >= 0.3 is 0 Å². The molecule has 0 bridgehead atoms. The zero-order valence-corrected chi connectivity index (χ0v) is 9.47. The van der Waals surface area contributed by atoms with Gasteiger partial charge in [-0.3, -0.25) is 14.9 Å². The highest BCUT2D eigenvalue weighted by molar-refractivity contribution is 7.99. The van der Waals surface area contributed by atoms with Gasteiger partial charge in [0.1, 0.15) is 0 Å². The molecular weight excluding hydrogens is 238 g/mol. The molecule has 0 fully saturated rings. The molecule has 0 saturated carbocycles. The minimum atomic E-state index is -0.689. The molecule has 1 aromatic rings. The molecule has 0 saturated heterocycles. The first-order valence-corrected chi connectivity index (χ1v) is 5.53. The van der Waals surface area contributed by atoms with Crippen LogP contribution in [0.1, 0.15) is 17.3 Å². The molecule has 0 aliphatic heterocycles. The van der Waals surface area contributed by atoms with Gasteiger partial charge in [-0.2, -0.15) is 0 Å². The Kier molecular flexibility index (Phi) is 4.11. The molecule has 0 aromatic heterocycles. The zero-order chi connectivity index (χ0) is 11.4. The van der Waals surface area contributed by atoms with E-state index in [1.54, 1.807) is 6.07 Å². The topological polar surface area (TPSA) is 60.2 Å². The Morgan fingerprint density at radius 1 is 1.60 bits per heavy atom. The van der Waals surface area contributed by atoms with E-state index in [2.05, 4.69) is 0 Å². The third-order valence-corrected chi connectivity index (χ3v) is 2.85.